The second kappa shape index (κ2) is 7.70. The van der Waals surface area contributed by atoms with Gasteiger partial charge in [-0.15, -0.1) is 0 Å². The van der Waals surface area contributed by atoms with Crippen LogP contribution in [0, 0.1) is 0 Å². The highest BCUT2D eigenvalue weighted by Crippen LogP contribution is 2.34. The van der Waals surface area contributed by atoms with Gasteiger partial charge >= 0.3 is 0 Å². The second-order valence-corrected chi connectivity index (χ2v) is 8.70. The predicted molar refractivity (Wildman–Crippen MR) is 105 cm³/mol. The number of hydrogen-bond acceptors (Lipinski definition) is 4. The third-order valence-electron chi connectivity index (χ3n) is 4.71. The highest BCUT2D eigenvalue weighted by Gasteiger charge is 2.32. The summed E-state index contributed by atoms with van der Waals surface area (Å²) in [6.45, 7) is 2.76. The van der Waals surface area contributed by atoms with Crippen molar-refractivity contribution in [2.24, 2.45) is 0 Å². The molecule has 1 aliphatic heterocycles. The highest BCUT2D eigenvalue weighted by molar-refractivity contribution is 7.92. The molecule has 144 valence electrons. The van der Waals surface area contributed by atoms with Gasteiger partial charge < -0.3 is 10.1 Å². The molecule has 0 spiro atoms. The largest absolute Gasteiger partial charge is 0.380 e. The molecule has 6 nitrogen and oxygen atoms in total. The zero-order chi connectivity index (χ0) is 19.6. The fraction of sp³-hybridized carbons (Fsp3) is 0.350. The summed E-state index contributed by atoms with van der Waals surface area (Å²) < 4.78 is 30.6. The number of ether oxygens (including phenoxy) is 1. The number of fused-ring (bicyclic) bond motifs is 1. The number of rotatable bonds is 6. The maximum atomic E-state index is 12.6. The summed E-state index contributed by atoms with van der Waals surface area (Å²) in [6, 6.07) is 12.8. The first-order chi connectivity index (χ1) is 12.8. The fourth-order valence-electron chi connectivity index (χ4n) is 3.55. The van der Waals surface area contributed by atoms with Crippen molar-refractivity contribution in [1.29, 1.82) is 0 Å². The van der Waals surface area contributed by atoms with E-state index in [0.29, 0.717) is 30.8 Å². The Morgan fingerprint density at radius 3 is 2.59 bits per heavy atom. The summed E-state index contributed by atoms with van der Waals surface area (Å²) in [7, 11) is -1.69. The van der Waals surface area contributed by atoms with Crippen LogP contribution in [0.5, 0.6) is 0 Å². The van der Waals surface area contributed by atoms with E-state index in [1.54, 1.807) is 25.3 Å². The van der Waals surface area contributed by atoms with E-state index in [1.165, 1.54) is 10.6 Å². The van der Waals surface area contributed by atoms with Gasteiger partial charge in [-0.25, -0.2) is 8.42 Å². The van der Waals surface area contributed by atoms with Crippen LogP contribution in [0.4, 0.5) is 5.69 Å². The first-order valence-corrected chi connectivity index (χ1v) is 10.6. The van der Waals surface area contributed by atoms with Crippen LogP contribution >= 0.6 is 0 Å². The molecule has 0 saturated carbocycles. The quantitative estimate of drug-likeness (QED) is 0.825. The van der Waals surface area contributed by atoms with Gasteiger partial charge in [0.15, 0.2) is 0 Å². The summed E-state index contributed by atoms with van der Waals surface area (Å²) >= 11 is 0. The van der Waals surface area contributed by atoms with Gasteiger partial charge in [0.25, 0.3) is 5.91 Å². The first kappa shape index (κ1) is 19.4. The number of nitrogens with one attached hydrogen (secondary N) is 1. The van der Waals surface area contributed by atoms with Gasteiger partial charge in [0.05, 0.1) is 18.6 Å². The van der Waals surface area contributed by atoms with Crippen molar-refractivity contribution in [3.8, 4) is 0 Å². The van der Waals surface area contributed by atoms with Crippen molar-refractivity contribution < 1.29 is 17.9 Å². The van der Waals surface area contributed by atoms with Crippen LogP contribution in [0.25, 0.3) is 0 Å². The van der Waals surface area contributed by atoms with Crippen molar-refractivity contribution >= 4 is 21.6 Å². The van der Waals surface area contributed by atoms with Crippen molar-refractivity contribution in [1.82, 2.24) is 5.32 Å². The van der Waals surface area contributed by atoms with E-state index < -0.39 is 10.0 Å². The van der Waals surface area contributed by atoms with Gasteiger partial charge in [0.2, 0.25) is 10.0 Å². The monoisotopic (exact) mass is 388 g/mol. The lowest BCUT2D eigenvalue weighted by molar-refractivity contribution is 0.0950. The molecule has 0 bridgehead atoms. The molecule has 2 aromatic rings. The van der Waals surface area contributed by atoms with E-state index in [0.717, 1.165) is 16.7 Å². The summed E-state index contributed by atoms with van der Waals surface area (Å²) in [6.07, 6.45) is 1.80. The minimum atomic E-state index is -3.33. The number of amides is 1. The summed E-state index contributed by atoms with van der Waals surface area (Å²) in [5.41, 5.74) is 4.10. The van der Waals surface area contributed by atoms with E-state index in [4.69, 9.17) is 4.74 Å². The highest BCUT2D eigenvalue weighted by atomic mass is 32.2. The number of benzene rings is 2. The first-order valence-electron chi connectivity index (χ1n) is 8.77. The van der Waals surface area contributed by atoms with Gasteiger partial charge in [0, 0.05) is 25.3 Å². The maximum Gasteiger partial charge on any atom is 0.251 e. The molecular weight excluding hydrogens is 364 g/mol. The molecule has 2 aromatic carbocycles. The van der Waals surface area contributed by atoms with Gasteiger partial charge in [-0.05, 0) is 48.2 Å². The average molecular weight is 388 g/mol. The molecule has 1 N–H and O–H groups in total. The van der Waals surface area contributed by atoms with E-state index in [2.05, 4.69) is 5.32 Å². The van der Waals surface area contributed by atoms with Crippen LogP contribution < -0.4 is 9.62 Å². The van der Waals surface area contributed by atoms with Crippen LogP contribution in [0.3, 0.4) is 0 Å². The van der Waals surface area contributed by atoms with Crippen LogP contribution in [0.15, 0.2) is 42.5 Å². The Kier molecular flexibility index (Phi) is 5.53. The van der Waals surface area contributed by atoms with Gasteiger partial charge in [-0.2, -0.15) is 0 Å². The Labute approximate surface area is 160 Å². The average Bonchev–Trinajstić information content (AvgIpc) is 2.96. The molecule has 1 unspecified atom stereocenters. The number of carbonyl (C=O) groups excluding carboxylic acids is 1. The van der Waals surface area contributed by atoms with Crippen molar-refractivity contribution in [2.45, 2.75) is 32.5 Å². The lowest BCUT2D eigenvalue weighted by Crippen LogP contribution is -2.34. The van der Waals surface area contributed by atoms with Gasteiger partial charge in [-0.1, -0.05) is 24.3 Å². The molecule has 0 fully saturated rings. The third kappa shape index (κ3) is 4.14. The van der Waals surface area contributed by atoms with Crippen LogP contribution in [0.2, 0.25) is 0 Å². The lowest BCUT2D eigenvalue weighted by Gasteiger charge is -2.21. The molecule has 0 saturated heterocycles. The molecule has 3 rings (SSSR count). The summed E-state index contributed by atoms with van der Waals surface area (Å²) in [5, 5.41) is 2.93. The third-order valence-corrected chi connectivity index (χ3v) is 5.98. The summed E-state index contributed by atoms with van der Waals surface area (Å²) in [5.74, 6) is -0.185. The number of hydrogen-bond donors (Lipinski definition) is 1. The topological polar surface area (TPSA) is 75.7 Å². The van der Waals surface area contributed by atoms with Gasteiger partial charge in [0.1, 0.15) is 0 Å². The smallest absolute Gasteiger partial charge is 0.251 e. The molecular formula is C20H24N2O4S. The fourth-order valence-corrected chi connectivity index (χ4v) is 4.82. The maximum absolute atomic E-state index is 12.6. The summed E-state index contributed by atoms with van der Waals surface area (Å²) in [4.78, 5) is 12.6. The molecule has 0 aromatic heterocycles. The molecule has 27 heavy (non-hydrogen) atoms. The number of anilines is 1. The number of methoxy groups -OCH3 is 1. The van der Waals surface area contributed by atoms with E-state index in [1.807, 2.05) is 31.2 Å². The minimum Gasteiger partial charge on any atom is -0.380 e. The Hall–Kier alpha value is -2.38. The molecule has 1 heterocycles. The molecule has 0 aliphatic carbocycles. The lowest BCUT2D eigenvalue weighted by atomic mass is 10.1. The van der Waals surface area contributed by atoms with Crippen molar-refractivity contribution in [3.05, 3.63) is 64.7 Å². The minimum absolute atomic E-state index is 0.144. The van der Waals surface area contributed by atoms with Crippen molar-refractivity contribution in [2.75, 3.05) is 17.7 Å². The van der Waals surface area contributed by atoms with Crippen LogP contribution in [-0.4, -0.2) is 33.7 Å². The Bertz CT molecular complexity index is 956. The van der Waals surface area contributed by atoms with Crippen LogP contribution in [-0.2, 0) is 34.3 Å². The van der Waals surface area contributed by atoms with E-state index in [-0.39, 0.29) is 11.9 Å². The molecule has 0 radical (unpaired) electrons. The van der Waals surface area contributed by atoms with Crippen LogP contribution in [0.1, 0.15) is 34.0 Å². The Morgan fingerprint density at radius 1 is 1.22 bits per heavy atom. The molecule has 1 aliphatic rings. The van der Waals surface area contributed by atoms with E-state index in [9.17, 15) is 13.2 Å². The number of nitrogens with zero attached hydrogens (tertiary/aromatic N) is 1. The molecule has 1 amide bonds. The number of carbonyl (C=O) groups is 1. The SMILES string of the molecule is COCc1ccccc1CNC(=O)c1ccc2c(c1)CC(C)N2S(C)(=O)=O. The van der Waals surface area contributed by atoms with Gasteiger partial charge in [-0.3, -0.25) is 9.10 Å². The zero-order valence-electron chi connectivity index (χ0n) is 15.7. The Balaban J connectivity index is 1.75. The van der Waals surface area contributed by atoms with E-state index >= 15 is 0 Å². The molecule has 7 heteroatoms. The molecule has 1 atom stereocenters. The second-order valence-electron chi connectivity index (χ2n) is 6.84. The Morgan fingerprint density at radius 2 is 1.93 bits per heavy atom. The van der Waals surface area contributed by atoms with Crippen molar-refractivity contribution in [3.63, 3.8) is 0 Å². The normalized spacial score (nSPS) is 16.3. The number of sulfonamides is 1. The zero-order valence-corrected chi connectivity index (χ0v) is 16.5. The predicted octanol–water partition coefficient (Wildman–Crippen LogP) is 2.47. The standard InChI is InChI=1S/C20H24N2O4S/c1-14-10-18-11-15(8-9-19(18)22(14)27(3,24)25)20(23)21-12-16-6-4-5-7-17(16)13-26-2/h4-9,11,14H,10,12-13H2,1-3H3,(H,21,23).